The standard InChI is InChI=1S/C19H18N2O2/c1-12-7-9-14(10-8-12)20-18(22)11-16-13(2)15-5-3-4-6-17(15)21-19(16)23/h3-10H,11H2,1-2H3,(H,20,22)(H,21,23). The summed E-state index contributed by atoms with van der Waals surface area (Å²) in [5.41, 5.74) is 3.80. The quantitative estimate of drug-likeness (QED) is 0.779. The fourth-order valence-corrected chi connectivity index (χ4v) is 2.67. The average molecular weight is 306 g/mol. The highest BCUT2D eigenvalue weighted by molar-refractivity contribution is 5.93. The molecule has 0 radical (unpaired) electrons. The molecule has 23 heavy (non-hydrogen) atoms. The molecule has 0 unspecified atom stereocenters. The number of carbonyl (C=O) groups excluding carboxylic acids is 1. The molecule has 116 valence electrons. The van der Waals surface area contributed by atoms with Gasteiger partial charge in [0.2, 0.25) is 5.91 Å². The number of hydrogen-bond donors (Lipinski definition) is 2. The van der Waals surface area contributed by atoms with E-state index in [-0.39, 0.29) is 17.9 Å². The summed E-state index contributed by atoms with van der Waals surface area (Å²) in [7, 11) is 0. The van der Waals surface area contributed by atoms with E-state index in [2.05, 4.69) is 10.3 Å². The van der Waals surface area contributed by atoms with E-state index in [1.54, 1.807) is 0 Å². The maximum atomic E-state index is 12.3. The van der Waals surface area contributed by atoms with Crippen molar-refractivity contribution in [2.24, 2.45) is 0 Å². The van der Waals surface area contributed by atoms with Gasteiger partial charge < -0.3 is 10.3 Å². The Labute approximate surface area is 134 Å². The van der Waals surface area contributed by atoms with Crippen molar-refractivity contribution in [1.29, 1.82) is 0 Å². The molecular weight excluding hydrogens is 288 g/mol. The Hall–Kier alpha value is -2.88. The maximum absolute atomic E-state index is 12.3. The molecule has 0 atom stereocenters. The summed E-state index contributed by atoms with van der Waals surface area (Å²) in [4.78, 5) is 27.3. The molecule has 2 aromatic carbocycles. The number of hydrogen-bond acceptors (Lipinski definition) is 2. The minimum absolute atomic E-state index is 0.0554. The number of H-pyrrole nitrogens is 1. The summed E-state index contributed by atoms with van der Waals surface area (Å²) >= 11 is 0. The highest BCUT2D eigenvalue weighted by Gasteiger charge is 2.13. The monoisotopic (exact) mass is 306 g/mol. The van der Waals surface area contributed by atoms with Gasteiger partial charge in [-0.25, -0.2) is 0 Å². The van der Waals surface area contributed by atoms with Gasteiger partial charge in [-0.3, -0.25) is 9.59 Å². The van der Waals surface area contributed by atoms with Crippen molar-refractivity contribution >= 4 is 22.5 Å². The lowest BCUT2D eigenvalue weighted by molar-refractivity contribution is -0.115. The lowest BCUT2D eigenvalue weighted by atomic mass is 10.0. The van der Waals surface area contributed by atoms with Crippen LogP contribution in [-0.2, 0) is 11.2 Å². The number of para-hydroxylation sites is 1. The third-order valence-electron chi connectivity index (χ3n) is 3.98. The van der Waals surface area contributed by atoms with E-state index in [1.807, 2.05) is 62.4 Å². The molecule has 0 saturated heterocycles. The number of benzene rings is 2. The van der Waals surface area contributed by atoms with Gasteiger partial charge in [-0.1, -0.05) is 35.9 Å². The number of nitrogens with one attached hydrogen (secondary N) is 2. The number of aryl methyl sites for hydroxylation is 2. The number of aromatic nitrogens is 1. The molecule has 4 nitrogen and oxygen atoms in total. The Morgan fingerprint density at radius 1 is 1.04 bits per heavy atom. The molecule has 2 N–H and O–H groups in total. The van der Waals surface area contributed by atoms with Crippen LogP contribution in [0.3, 0.4) is 0 Å². The molecule has 0 bridgehead atoms. The van der Waals surface area contributed by atoms with Crippen molar-refractivity contribution in [2.75, 3.05) is 5.32 Å². The first-order valence-electron chi connectivity index (χ1n) is 7.51. The Bertz CT molecular complexity index is 924. The smallest absolute Gasteiger partial charge is 0.252 e. The largest absolute Gasteiger partial charge is 0.326 e. The number of aromatic amines is 1. The summed E-state index contributed by atoms with van der Waals surface area (Å²) in [6, 6.07) is 15.2. The Morgan fingerprint density at radius 3 is 2.48 bits per heavy atom. The van der Waals surface area contributed by atoms with E-state index < -0.39 is 0 Å². The summed E-state index contributed by atoms with van der Waals surface area (Å²) in [5.74, 6) is -0.197. The SMILES string of the molecule is Cc1ccc(NC(=O)Cc2c(C)c3ccccc3[nH]c2=O)cc1. The van der Waals surface area contributed by atoms with Crippen LogP contribution < -0.4 is 10.9 Å². The van der Waals surface area contributed by atoms with Crippen molar-refractivity contribution in [3.8, 4) is 0 Å². The van der Waals surface area contributed by atoms with Crippen LogP contribution in [-0.4, -0.2) is 10.9 Å². The topological polar surface area (TPSA) is 62.0 Å². The van der Waals surface area contributed by atoms with E-state index in [9.17, 15) is 9.59 Å². The third kappa shape index (κ3) is 3.16. The summed E-state index contributed by atoms with van der Waals surface area (Å²) in [6.45, 7) is 3.87. The number of rotatable bonds is 3. The minimum atomic E-state index is -0.208. The van der Waals surface area contributed by atoms with Gasteiger partial charge in [-0.15, -0.1) is 0 Å². The lowest BCUT2D eigenvalue weighted by Gasteiger charge is -2.09. The number of carbonyl (C=O) groups is 1. The Balaban J connectivity index is 1.87. The molecule has 0 saturated carbocycles. The molecule has 3 aromatic rings. The fourth-order valence-electron chi connectivity index (χ4n) is 2.67. The van der Waals surface area contributed by atoms with Crippen molar-refractivity contribution in [2.45, 2.75) is 20.3 Å². The highest BCUT2D eigenvalue weighted by Crippen LogP contribution is 2.17. The predicted molar refractivity (Wildman–Crippen MR) is 92.8 cm³/mol. The first kappa shape index (κ1) is 15.0. The first-order valence-corrected chi connectivity index (χ1v) is 7.51. The van der Waals surface area contributed by atoms with Gasteiger partial charge in [-0.2, -0.15) is 0 Å². The number of anilines is 1. The molecule has 1 amide bonds. The second-order valence-electron chi connectivity index (χ2n) is 5.69. The predicted octanol–water partition coefficient (Wildman–Crippen LogP) is 3.33. The summed E-state index contributed by atoms with van der Waals surface area (Å²) < 4.78 is 0. The molecule has 4 heteroatoms. The van der Waals surface area contributed by atoms with Crippen molar-refractivity contribution < 1.29 is 4.79 Å². The van der Waals surface area contributed by atoms with Gasteiger partial charge in [0, 0.05) is 22.2 Å². The molecule has 0 aliphatic rings. The van der Waals surface area contributed by atoms with Gasteiger partial charge in [0.05, 0.1) is 6.42 Å². The molecular formula is C19H18N2O2. The van der Waals surface area contributed by atoms with Gasteiger partial charge >= 0.3 is 0 Å². The number of fused-ring (bicyclic) bond motifs is 1. The number of pyridine rings is 1. The van der Waals surface area contributed by atoms with Gasteiger partial charge in [0.15, 0.2) is 0 Å². The maximum Gasteiger partial charge on any atom is 0.252 e. The molecule has 0 aliphatic carbocycles. The second-order valence-corrected chi connectivity index (χ2v) is 5.69. The van der Waals surface area contributed by atoms with Crippen LogP contribution in [0.25, 0.3) is 10.9 Å². The van der Waals surface area contributed by atoms with Crippen LogP contribution in [0.15, 0.2) is 53.3 Å². The first-order chi connectivity index (χ1) is 11.0. The zero-order valence-corrected chi connectivity index (χ0v) is 13.1. The van der Waals surface area contributed by atoms with Crippen LogP contribution in [0, 0.1) is 13.8 Å². The third-order valence-corrected chi connectivity index (χ3v) is 3.98. The van der Waals surface area contributed by atoms with Gasteiger partial charge in [0.1, 0.15) is 0 Å². The van der Waals surface area contributed by atoms with Gasteiger partial charge in [-0.05, 0) is 37.6 Å². The van der Waals surface area contributed by atoms with E-state index in [0.29, 0.717) is 5.56 Å². The minimum Gasteiger partial charge on any atom is -0.326 e. The molecule has 1 heterocycles. The Kier molecular flexibility index (Phi) is 3.98. The van der Waals surface area contributed by atoms with E-state index in [4.69, 9.17) is 0 Å². The van der Waals surface area contributed by atoms with Crippen LogP contribution in [0.5, 0.6) is 0 Å². The van der Waals surface area contributed by atoms with E-state index in [0.717, 1.165) is 27.7 Å². The van der Waals surface area contributed by atoms with Crippen LogP contribution >= 0.6 is 0 Å². The van der Waals surface area contributed by atoms with Crippen LogP contribution in [0.1, 0.15) is 16.7 Å². The molecule has 0 fully saturated rings. The van der Waals surface area contributed by atoms with E-state index in [1.165, 1.54) is 0 Å². The molecule has 1 aromatic heterocycles. The van der Waals surface area contributed by atoms with E-state index >= 15 is 0 Å². The van der Waals surface area contributed by atoms with Crippen molar-refractivity contribution in [3.05, 3.63) is 75.6 Å². The summed E-state index contributed by atoms with van der Waals surface area (Å²) in [6.07, 6.45) is 0.0554. The van der Waals surface area contributed by atoms with Crippen molar-refractivity contribution in [1.82, 2.24) is 4.98 Å². The molecule has 3 rings (SSSR count). The zero-order valence-electron chi connectivity index (χ0n) is 13.1. The van der Waals surface area contributed by atoms with Crippen molar-refractivity contribution in [3.63, 3.8) is 0 Å². The molecule has 0 aliphatic heterocycles. The Morgan fingerprint density at radius 2 is 1.74 bits per heavy atom. The van der Waals surface area contributed by atoms with Gasteiger partial charge in [0.25, 0.3) is 5.56 Å². The van der Waals surface area contributed by atoms with Crippen LogP contribution in [0.4, 0.5) is 5.69 Å². The lowest BCUT2D eigenvalue weighted by Crippen LogP contribution is -2.22. The second kappa shape index (κ2) is 6.08. The number of amides is 1. The molecule has 0 spiro atoms. The average Bonchev–Trinajstić information content (AvgIpc) is 2.54. The zero-order chi connectivity index (χ0) is 16.4. The normalized spacial score (nSPS) is 10.7. The van der Waals surface area contributed by atoms with Crippen LogP contribution in [0.2, 0.25) is 0 Å². The summed E-state index contributed by atoms with van der Waals surface area (Å²) in [5, 5.41) is 3.79. The highest BCUT2D eigenvalue weighted by atomic mass is 16.2. The fraction of sp³-hybridized carbons (Fsp3) is 0.158.